The number of fused-ring (bicyclic) bond motifs is 1. The molecule has 0 saturated carbocycles. The van der Waals surface area contributed by atoms with E-state index in [1.807, 2.05) is 24.3 Å². The zero-order valence-electron chi connectivity index (χ0n) is 21.9. The zero-order valence-corrected chi connectivity index (χ0v) is 22.8. The van der Waals surface area contributed by atoms with Crippen LogP contribution in [0.5, 0.6) is 5.75 Å². The minimum atomic E-state index is -1.52. The quantitative estimate of drug-likeness (QED) is 0.110. The van der Waals surface area contributed by atoms with Crippen LogP contribution in [-0.4, -0.2) is 74.7 Å². The molecular formula is C27H32N6O7S. The normalized spacial score (nSPS) is 13.9. The Balaban J connectivity index is 1.83. The maximum absolute atomic E-state index is 13.5. The van der Waals surface area contributed by atoms with Crippen LogP contribution in [0.3, 0.4) is 0 Å². The van der Waals surface area contributed by atoms with E-state index in [-0.39, 0.29) is 24.3 Å². The van der Waals surface area contributed by atoms with Gasteiger partial charge in [0.15, 0.2) is 0 Å². The number of aromatic nitrogens is 1. The first-order valence-electron chi connectivity index (χ1n) is 12.6. The number of carboxylic acid groups (broad SMARTS) is 1. The highest BCUT2D eigenvalue weighted by Gasteiger charge is 2.31. The minimum absolute atomic E-state index is 0.00713. The van der Waals surface area contributed by atoms with Gasteiger partial charge in [0.1, 0.15) is 23.9 Å². The summed E-state index contributed by atoms with van der Waals surface area (Å²) in [7, 11) is 0. The number of nitrogens with one attached hydrogen (secondary N) is 4. The summed E-state index contributed by atoms with van der Waals surface area (Å²) in [6.07, 6.45) is 1.17. The van der Waals surface area contributed by atoms with Crippen molar-refractivity contribution >= 4 is 53.1 Å². The summed E-state index contributed by atoms with van der Waals surface area (Å²) in [5, 5.41) is 26.8. The number of amides is 4. The van der Waals surface area contributed by atoms with E-state index in [1.165, 1.54) is 12.1 Å². The molecule has 41 heavy (non-hydrogen) atoms. The SMILES string of the molecule is NC(=O)CC(NC(=O)C(Cc1c[nH]c2ccccc12)NC(=O)C(N)Cc1ccc(O)cc1)C(=O)NC(CS)C(=O)O. The van der Waals surface area contributed by atoms with E-state index in [9.17, 15) is 34.2 Å². The lowest BCUT2D eigenvalue weighted by Crippen LogP contribution is -2.58. The Morgan fingerprint density at radius 1 is 0.854 bits per heavy atom. The van der Waals surface area contributed by atoms with Crippen molar-refractivity contribution in [2.45, 2.75) is 43.4 Å². The number of para-hydroxylation sites is 1. The van der Waals surface area contributed by atoms with Crippen LogP contribution in [0.15, 0.2) is 54.7 Å². The van der Waals surface area contributed by atoms with Crippen LogP contribution >= 0.6 is 12.6 Å². The fourth-order valence-corrected chi connectivity index (χ4v) is 4.38. The number of aromatic hydroxyl groups is 1. The number of carbonyl (C=O) groups is 5. The van der Waals surface area contributed by atoms with Crippen molar-refractivity contribution in [3.63, 3.8) is 0 Å². The number of carboxylic acids is 1. The third-order valence-electron chi connectivity index (χ3n) is 6.30. The predicted octanol–water partition coefficient (Wildman–Crippen LogP) is -0.670. The summed E-state index contributed by atoms with van der Waals surface area (Å²) in [5.41, 5.74) is 13.6. The molecule has 0 saturated heterocycles. The van der Waals surface area contributed by atoms with Gasteiger partial charge < -0.3 is 42.6 Å². The molecule has 2 aromatic carbocycles. The standard InChI is InChI=1S/C27H32N6O7S/c28-18(9-14-5-7-16(34)8-6-14)24(36)31-20(10-15-12-30-19-4-2-1-3-17(15)19)25(37)32-21(11-23(29)35)26(38)33-22(13-41)27(39)40/h1-8,12,18,20-22,30,34,41H,9-11,13,28H2,(H2,29,35)(H,31,36)(H,32,37)(H,33,38)(H,39,40). The Morgan fingerprint density at radius 2 is 1.46 bits per heavy atom. The number of nitrogens with two attached hydrogens (primary N) is 2. The van der Waals surface area contributed by atoms with Gasteiger partial charge in [-0.25, -0.2) is 4.79 Å². The molecule has 0 aliphatic rings. The topological polar surface area (TPSA) is 230 Å². The Labute approximate surface area is 240 Å². The fourth-order valence-electron chi connectivity index (χ4n) is 4.13. The molecule has 4 atom stereocenters. The van der Waals surface area contributed by atoms with Gasteiger partial charge in [0, 0.05) is 29.3 Å². The Hall–Kier alpha value is -4.56. The highest BCUT2D eigenvalue weighted by molar-refractivity contribution is 7.80. The number of hydrogen-bond acceptors (Lipinski definition) is 8. The van der Waals surface area contributed by atoms with E-state index in [2.05, 4.69) is 33.6 Å². The summed E-state index contributed by atoms with van der Waals surface area (Å²) in [4.78, 5) is 65.5. The molecule has 1 aromatic heterocycles. The summed E-state index contributed by atoms with van der Waals surface area (Å²) >= 11 is 3.90. The molecule has 14 heteroatoms. The molecule has 0 bridgehead atoms. The summed E-state index contributed by atoms with van der Waals surface area (Å²) < 4.78 is 0. The van der Waals surface area contributed by atoms with Crippen LogP contribution in [0, 0.1) is 0 Å². The van der Waals surface area contributed by atoms with Crippen molar-refractivity contribution in [3.8, 4) is 5.75 Å². The predicted molar refractivity (Wildman–Crippen MR) is 153 cm³/mol. The third kappa shape index (κ3) is 8.71. The zero-order chi connectivity index (χ0) is 30.1. The van der Waals surface area contributed by atoms with Crippen molar-refractivity contribution in [1.29, 1.82) is 0 Å². The number of aliphatic carboxylic acids is 1. The summed E-state index contributed by atoms with van der Waals surface area (Å²) in [6.45, 7) is 0. The number of phenolic OH excluding ortho intramolecular Hbond substituents is 1. The Kier molecular flexibility index (Phi) is 10.7. The molecule has 13 nitrogen and oxygen atoms in total. The molecule has 0 radical (unpaired) electrons. The molecule has 0 fully saturated rings. The lowest BCUT2D eigenvalue weighted by atomic mass is 10.0. The first-order chi connectivity index (χ1) is 19.5. The van der Waals surface area contributed by atoms with Gasteiger partial charge in [-0.1, -0.05) is 30.3 Å². The van der Waals surface area contributed by atoms with Gasteiger partial charge in [-0.3, -0.25) is 19.2 Å². The monoisotopic (exact) mass is 584 g/mol. The molecule has 0 aliphatic heterocycles. The number of hydrogen-bond donors (Lipinski definition) is 9. The van der Waals surface area contributed by atoms with E-state index < -0.39 is 60.2 Å². The summed E-state index contributed by atoms with van der Waals surface area (Å²) in [5.74, 6) is -4.90. The van der Waals surface area contributed by atoms with E-state index >= 15 is 0 Å². The first-order valence-corrected chi connectivity index (χ1v) is 13.2. The number of H-pyrrole nitrogens is 1. The van der Waals surface area contributed by atoms with E-state index in [0.717, 1.165) is 10.9 Å². The second-order valence-electron chi connectivity index (χ2n) is 9.42. The molecule has 4 amide bonds. The van der Waals surface area contributed by atoms with Gasteiger partial charge >= 0.3 is 5.97 Å². The third-order valence-corrected chi connectivity index (χ3v) is 6.66. The fraction of sp³-hybridized carbons (Fsp3) is 0.296. The number of rotatable bonds is 14. The average Bonchev–Trinajstić information content (AvgIpc) is 3.34. The number of benzene rings is 2. The Bertz CT molecular complexity index is 1410. The molecule has 3 rings (SSSR count). The van der Waals surface area contributed by atoms with Crippen molar-refractivity contribution in [3.05, 3.63) is 65.9 Å². The highest BCUT2D eigenvalue weighted by atomic mass is 32.1. The van der Waals surface area contributed by atoms with Crippen LogP contribution in [-0.2, 0) is 36.8 Å². The lowest BCUT2D eigenvalue weighted by molar-refractivity contribution is -0.141. The van der Waals surface area contributed by atoms with Crippen molar-refractivity contribution < 1.29 is 34.2 Å². The van der Waals surface area contributed by atoms with E-state index in [4.69, 9.17) is 11.5 Å². The molecule has 1 heterocycles. The molecular weight excluding hydrogens is 552 g/mol. The smallest absolute Gasteiger partial charge is 0.327 e. The number of primary amides is 1. The lowest BCUT2D eigenvalue weighted by Gasteiger charge is -2.24. The molecule has 0 spiro atoms. The molecule has 3 aromatic rings. The number of phenols is 1. The molecule has 10 N–H and O–H groups in total. The van der Waals surface area contributed by atoms with Gasteiger partial charge in [0.25, 0.3) is 0 Å². The second-order valence-corrected chi connectivity index (χ2v) is 9.78. The van der Waals surface area contributed by atoms with Gasteiger partial charge in [-0.05, 0) is 35.7 Å². The maximum Gasteiger partial charge on any atom is 0.327 e. The van der Waals surface area contributed by atoms with Crippen molar-refractivity contribution in [1.82, 2.24) is 20.9 Å². The Morgan fingerprint density at radius 3 is 2.10 bits per heavy atom. The number of thiol groups is 1. The summed E-state index contributed by atoms with van der Waals surface area (Å²) in [6, 6.07) is 8.27. The number of aromatic amines is 1. The second kappa shape index (κ2) is 14.2. The maximum atomic E-state index is 13.5. The van der Waals surface area contributed by atoms with Gasteiger partial charge in [-0.15, -0.1) is 0 Å². The largest absolute Gasteiger partial charge is 0.508 e. The van der Waals surface area contributed by atoms with Gasteiger partial charge in [0.2, 0.25) is 23.6 Å². The van der Waals surface area contributed by atoms with Crippen LogP contribution < -0.4 is 27.4 Å². The van der Waals surface area contributed by atoms with E-state index in [0.29, 0.717) is 11.1 Å². The van der Waals surface area contributed by atoms with Gasteiger partial charge in [0.05, 0.1) is 12.5 Å². The highest BCUT2D eigenvalue weighted by Crippen LogP contribution is 2.19. The molecule has 4 unspecified atom stereocenters. The van der Waals surface area contributed by atoms with Crippen LogP contribution in [0.4, 0.5) is 0 Å². The van der Waals surface area contributed by atoms with E-state index in [1.54, 1.807) is 18.3 Å². The number of carbonyl (C=O) groups excluding carboxylic acids is 4. The minimum Gasteiger partial charge on any atom is -0.508 e. The average molecular weight is 585 g/mol. The van der Waals surface area contributed by atoms with Crippen LogP contribution in [0.2, 0.25) is 0 Å². The van der Waals surface area contributed by atoms with Crippen molar-refractivity contribution in [2.24, 2.45) is 11.5 Å². The first kappa shape index (κ1) is 31.0. The molecule has 218 valence electrons. The molecule has 0 aliphatic carbocycles. The van der Waals surface area contributed by atoms with Crippen LogP contribution in [0.25, 0.3) is 10.9 Å². The van der Waals surface area contributed by atoms with Crippen LogP contribution in [0.1, 0.15) is 17.5 Å². The van der Waals surface area contributed by atoms with Gasteiger partial charge in [-0.2, -0.15) is 12.6 Å². The van der Waals surface area contributed by atoms with Crippen molar-refractivity contribution in [2.75, 3.05) is 5.75 Å².